The van der Waals surface area contributed by atoms with Gasteiger partial charge in [0.15, 0.2) is 0 Å². The number of carbonyl (C=O) groups excluding carboxylic acids is 3. The van der Waals surface area contributed by atoms with E-state index >= 15 is 0 Å². The van der Waals surface area contributed by atoms with Crippen molar-refractivity contribution in [2.75, 3.05) is 13.2 Å². The number of ether oxygens (including phenoxy) is 2. The Kier molecular flexibility index (Phi) is 8.76. The van der Waals surface area contributed by atoms with Gasteiger partial charge in [0.2, 0.25) is 0 Å². The number of esters is 1. The zero-order valence-corrected chi connectivity index (χ0v) is 19.0. The van der Waals surface area contributed by atoms with Crippen LogP contribution in [-0.2, 0) is 4.79 Å². The Labute approximate surface area is 201 Å². The molecule has 0 fully saturated rings. The Hall–Kier alpha value is -4.17. The third-order valence-electron chi connectivity index (χ3n) is 4.41. The molecule has 9 heteroatoms. The summed E-state index contributed by atoms with van der Waals surface area (Å²) < 4.78 is 10.7. The number of nitrogens with zero attached hydrogens (tertiary/aromatic N) is 1. The molecule has 3 rings (SSSR count). The first-order valence-corrected chi connectivity index (χ1v) is 10.7. The molecule has 174 valence electrons. The van der Waals surface area contributed by atoms with Crippen molar-refractivity contribution < 1.29 is 23.9 Å². The Morgan fingerprint density at radius 3 is 2.15 bits per heavy atom. The molecule has 0 unspecified atom stereocenters. The van der Waals surface area contributed by atoms with Crippen molar-refractivity contribution in [3.8, 4) is 11.5 Å². The highest BCUT2D eigenvalue weighted by Crippen LogP contribution is 2.16. The van der Waals surface area contributed by atoms with Crippen LogP contribution in [0.15, 0.2) is 77.9 Å². The highest BCUT2D eigenvalue weighted by molar-refractivity contribution is 6.30. The third kappa shape index (κ3) is 7.46. The largest absolute Gasteiger partial charge is 0.494 e. The summed E-state index contributed by atoms with van der Waals surface area (Å²) in [4.78, 5) is 36.1. The molecule has 3 aromatic rings. The van der Waals surface area contributed by atoms with Crippen molar-refractivity contribution in [2.45, 2.75) is 6.92 Å². The molecule has 0 atom stereocenters. The number of hydrogen-bond donors (Lipinski definition) is 2. The molecule has 0 aliphatic rings. The average molecular weight is 480 g/mol. The lowest BCUT2D eigenvalue weighted by molar-refractivity contribution is -0.120. The van der Waals surface area contributed by atoms with Gasteiger partial charge in [-0.3, -0.25) is 9.59 Å². The Balaban J connectivity index is 1.44. The molecule has 0 saturated heterocycles. The fraction of sp³-hybridized carbons (Fsp3) is 0.120. The first-order valence-electron chi connectivity index (χ1n) is 10.4. The van der Waals surface area contributed by atoms with Gasteiger partial charge < -0.3 is 14.8 Å². The van der Waals surface area contributed by atoms with Crippen LogP contribution in [-0.4, -0.2) is 37.1 Å². The molecule has 0 saturated carbocycles. The number of nitrogens with one attached hydrogen (secondary N) is 2. The minimum absolute atomic E-state index is 0.237. The summed E-state index contributed by atoms with van der Waals surface area (Å²) in [7, 11) is 0. The Bertz CT molecular complexity index is 1160. The molecular formula is C25H22ClN3O5. The molecule has 8 nitrogen and oxygen atoms in total. The summed E-state index contributed by atoms with van der Waals surface area (Å²) >= 11 is 5.78. The van der Waals surface area contributed by atoms with E-state index in [-0.39, 0.29) is 6.54 Å². The van der Waals surface area contributed by atoms with Crippen LogP contribution in [0.3, 0.4) is 0 Å². The predicted octanol–water partition coefficient (Wildman–Crippen LogP) is 3.84. The van der Waals surface area contributed by atoms with Gasteiger partial charge >= 0.3 is 5.97 Å². The second-order valence-electron chi connectivity index (χ2n) is 6.90. The summed E-state index contributed by atoms with van der Waals surface area (Å²) in [6, 6.07) is 19.6. The van der Waals surface area contributed by atoms with E-state index < -0.39 is 17.8 Å². The minimum atomic E-state index is -0.489. The maximum absolute atomic E-state index is 12.3. The predicted molar refractivity (Wildman–Crippen MR) is 129 cm³/mol. The highest BCUT2D eigenvalue weighted by atomic mass is 35.5. The van der Waals surface area contributed by atoms with Crippen molar-refractivity contribution in [1.82, 2.24) is 10.7 Å². The summed E-state index contributed by atoms with van der Waals surface area (Å²) in [6.07, 6.45) is 1.43. The maximum atomic E-state index is 12.3. The Morgan fingerprint density at radius 2 is 1.50 bits per heavy atom. The summed E-state index contributed by atoms with van der Waals surface area (Å²) in [5.41, 5.74) is 3.80. The molecule has 34 heavy (non-hydrogen) atoms. The van der Waals surface area contributed by atoms with Crippen molar-refractivity contribution in [2.24, 2.45) is 5.10 Å². The second-order valence-corrected chi connectivity index (χ2v) is 7.34. The van der Waals surface area contributed by atoms with Crippen molar-refractivity contribution in [1.29, 1.82) is 0 Å². The van der Waals surface area contributed by atoms with Gasteiger partial charge in [-0.1, -0.05) is 11.6 Å². The monoisotopic (exact) mass is 479 g/mol. The zero-order valence-electron chi connectivity index (χ0n) is 18.3. The van der Waals surface area contributed by atoms with E-state index in [2.05, 4.69) is 15.8 Å². The second kappa shape index (κ2) is 12.2. The maximum Gasteiger partial charge on any atom is 0.343 e. The molecule has 0 heterocycles. The van der Waals surface area contributed by atoms with Crippen LogP contribution in [0.4, 0.5) is 0 Å². The van der Waals surface area contributed by atoms with Crippen LogP contribution in [0.25, 0.3) is 0 Å². The van der Waals surface area contributed by atoms with E-state index in [9.17, 15) is 14.4 Å². The molecular weight excluding hydrogens is 458 g/mol. The van der Waals surface area contributed by atoms with Crippen LogP contribution in [0, 0.1) is 0 Å². The topological polar surface area (TPSA) is 106 Å². The van der Waals surface area contributed by atoms with Gasteiger partial charge in [0, 0.05) is 10.6 Å². The van der Waals surface area contributed by atoms with Crippen molar-refractivity contribution in [3.63, 3.8) is 0 Å². The Morgan fingerprint density at radius 1 is 0.882 bits per heavy atom. The summed E-state index contributed by atoms with van der Waals surface area (Å²) in [5.74, 6) is -0.327. The van der Waals surface area contributed by atoms with Gasteiger partial charge in [0.1, 0.15) is 11.5 Å². The van der Waals surface area contributed by atoms with Gasteiger partial charge in [0.05, 0.1) is 24.9 Å². The summed E-state index contributed by atoms with van der Waals surface area (Å²) in [5, 5.41) is 6.86. The van der Waals surface area contributed by atoms with Crippen LogP contribution in [0.1, 0.15) is 33.2 Å². The lowest BCUT2D eigenvalue weighted by Gasteiger charge is -2.06. The summed E-state index contributed by atoms with van der Waals surface area (Å²) in [6.45, 7) is 2.19. The van der Waals surface area contributed by atoms with Gasteiger partial charge in [-0.05, 0) is 85.3 Å². The lowest BCUT2D eigenvalue weighted by Crippen LogP contribution is -2.34. The molecule has 0 aliphatic heterocycles. The average Bonchev–Trinajstić information content (AvgIpc) is 2.84. The van der Waals surface area contributed by atoms with E-state index in [1.54, 1.807) is 72.8 Å². The third-order valence-corrected chi connectivity index (χ3v) is 4.66. The van der Waals surface area contributed by atoms with Gasteiger partial charge in [-0.2, -0.15) is 5.10 Å². The van der Waals surface area contributed by atoms with Crippen LogP contribution >= 0.6 is 11.6 Å². The fourth-order valence-electron chi connectivity index (χ4n) is 2.72. The highest BCUT2D eigenvalue weighted by Gasteiger charge is 2.09. The number of rotatable bonds is 9. The quantitative estimate of drug-likeness (QED) is 0.210. The van der Waals surface area contributed by atoms with E-state index in [1.807, 2.05) is 6.92 Å². The van der Waals surface area contributed by atoms with E-state index in [0.29, 0.717) is 39.8 Å². The van der Waals surface area contributed by atoms with E-state index in [1.165, 1.54) is 6.21 Å². The molecule has 0 spiro atoms. The zero-order chi connectivity index (χ0) is 24.3. The number of amides is 2. The lowest BCUT2D eigenvalue weighted by atomic mass is 10.2. The minimum Gasteiger partial charge on any atom is -0.494 e. The standard InChI is InChI=1S/C25H22ClN3O5/c1-2-33-21-13-7-19(8-14-21)25(32)34-22-11-3-17(4-12-22)15-28-29-23(30)16-27-24(31)18-5-9-20(26)10-6-18/h3-15H,2,16H2,1H3,(H,27,31)(H,29,30)/b28-15-. The number of halogens is 1. The van der Waals surface area contributed by atoms with Crippen LogP contribution in [0.2, 0.25) is 5.02 Å². The molecule has 0 aliphatic carbocycles. The van der Waals surface area contributed by atoms with Crippen LogP contribution < -0.4 is 20.2 Å². The number of hydrazone groups is 1. The normalized spacial score (nSPS) is 10.5. The first-order chi connectivity index (χ1) is 16.4. The smallest absolute Gasteiger partial charge is 0.343 e. The molecule has 2 N–H and O–H groups in total. The van der Waals surface area contributed by atoms with Crippen molar-refractivity contribution >= 4 is 35.6 Å². The molecule has 0 bridgehead atoms. The van der Waals surface area contributed by atoms with E-state index in [4.69, 9.17) is 21.1 Å². The van der Waals surface area contributed by atoms with Gasteiger partial charge in [-0.25, -0.2) is 10.2 Å². The number of hydrogen-bond acceptors (Lipinski definition) is 6. The fourth-order valence-corrected chi connectivity index (χ4v) is 2.85. The number of carbonyl (C=O) groups is 3. The molecule has 0 radical (unpaired) electrons. The molecule has 2 amide bonds. The van der Waals surface area contributed by atoms with Crippen LogP contribution in [0.5, 0.6) is 11.5 Å². The van der Waals surface area contributed by atoms with Gasteiger partial charge in [-0.15, -0.1) is 0 Å². The number of benzene rings is 3. The van der Waals surface area contributed by atoms with E-state index in [0.717, 1.165) is 0 Å². The molecule has 0 aromatic heterocycles. The SMILES string of the molecule is CCOc1ccc(C(=O)Oc2ccc(/C=N\NC(=O)CNC(=O)c3ccc(Cl)cc3)cc2)cc1. The van der Waals surface area contributed by atoms with Gasteiger partial charge in [0.25, 0.3) is 11.8 Å². The van der Waals surface area contributed by atoms with Crippen molar-refractivity contribution in [3.05, 3.63) is 94.5 Å². The first kappa shape index (κ1) is 24.5. The molecule has 3 aromatic carbocycles.